The number of esters is 1. The standard InChI is InChI=1S/C26H38O2/c1-24(2,3)16-22(25(4,5)6)18-7-9-21(10-8-18)28-23(27)26-13-17-11-19(14-26)20(12-17)15-26/h7-10,17,19-20,22H,11-16H2,1-6H3. The van der Waals surface area contributed by atoms with Crippen molar-refractivity contribution >= 4 is 5.97 Å². The molecule has 0 N–H and O–H groups in total. The van der Waals surface area contributed by atoms with Gasteiger partial charge in [0.25, 0.3) is 0 Å². The van der Waals surface area contributed by atoms with E-state index in [1.54, 1.807) is 0 Å². The topological polar surface area (TPSA) is 26.3 Å². The number of carbonyl (C=O) groups excluding carboxylic acids is 1. The molecule has 1 aromatic carbocycles. The van der Waals surface area contributed by atoms with Crippen molar-refractivity contribution in [3.63, 3.8) is 0 Å². The van der Waals surface area contributed by atoms with Gasteiger partial charge in [-0.25, -0.2) is 0 Å². The van der Waals surface area contributed by atoms with Crippen LogP contribution >= 0.6 is 0 Å². The molecule has 0 spiro atoms. The molecular weight excluding hydrogens is 344 g/mol. The Balaban J connectivity index is 1.47. The van der Waals surface area contributed by atoms with Crippen molar-refractivity contribution in [3.05, 3.63) is 29.8 Å². The van der Waals surface area contributed by atoms with E-state index < -0.39 is 0 Å². The highest BCUT2D eigenvalue weighted by atomic mass is 16.5. The van der Waals surface area contributed by atoms with Gasteiger partial charge in [0, 0.05) is 0 Å². The average Bonchev–Trinajstić information content (AvgIpc) is 2.99. The lowest BCUT2D eigenvalue weighted by molar-refractivity contribution is -0.148. The summed E-state index contributed by atoms with van der Waals surface area (Å²) in [5.41, 5.74) is 1.66. The third kappa shape index (κ3) is 3.76. The molecule has 2 heteroatoms. The van der Waals surface area contributed by atoms with Crippen LogP contribution in [-0.4, -0.2) is 5.97 Å². The highest BCUT2D eigenvalue weighted by molar-refractivity contribution is 5.80. The van der Waals surface area contributed by atoms with E-state index in [9.17, 15) is 4.79 Å². The lowest BCUT2D eigenvalue weighted by atomic mass is 9.69. The van der Waals surface area contributed by atoms with Crippen LogP contribution in [0.3, 0.4) is 0 Å². The monoisotopic (exact) mass is 382 g/mol. The van der Waals surface area contributed by atoms with E-state index in [4.69, 9.17) is 4.74 Å². The fourth-order valence-corrected chi connectivity index (χ4v) is 6.58. The number of benzene rings is 1. The predicted octanol–water partition coefficient (Wildman–Crippen LogP) is 6.98. The van der Waals surface area contributed by atoms with Gasteiger partial charge >= 0.3 is 5.97 Å². The maximum atomic E-state index is 13.1. The third-order valence-electron chi connectivity index (χ3n) is 7.71. The van der Waals surface area contributed by atoms with Crippen LogP contribution in [-0.2, 0) is 4.79 Å². The van der Waals surface area contributed by atoms with Gasteiger partial charge < -0.3 is 4.74 Å². The molecule has 4 aliphatic carbocycles. The smallest absolute Gasteiger partial charge is 0.317 e. The quantitative estimate of drug-likeness (QED) is 0.414. The van der Waals surface area contributed by atoms with Gasteiger partial charge in [0.1, 0.15) is 5.75 Å². The Hall–Kier alpha value is -1.31. The van der Waals surface area contributed by atoms with Crippen LogP contribution < -0.4 is 4.74 Å². The number of hydrogen-bond acceptors (Lipinski definition) is 2. The van der Waals surface area contributed by atoms with Crippen LogP contribution in [0.1, 0.15) is 91.5 Å². The minimum absolute atomic E-state index is 0.0409. The zero-order valence-corrected chi connectivity index (χ0v) is 18.7. The van der Waals surface area contributed by atoms with Crippen molar-refractivity contribution in [3.8, 4) is 5.75 Å². The molecule has 0 amide bonds. The summed E-state index contributed by atoms with van der Waals surface area (Å²) in [4.78, 5) is 13.1. The molecule has 0 radical (unpaired) electrons. The Morgan fingerprint density at radius 3 is 2.04 bits per heavy atom. The highest BCUT2D eigenvalue weighted by Crippen LogP contribution is 2.64. The fraction of sp³-hybridized carbons (Fsp3) is 0.731. The van der Waals surface area contributed by atoms with Gasteiger partial charge in [-0.05, 0) is 90.7 Å². The van der Waals surface area contributed by atoms with Crippen LogP contribution in [0.5, 0.6) is 5.75 Å². The Morgan fingerprint density at radius 1 is 1.00 bits per heavy atom. The molecule has 4 bridgehead atoms. The maximum Gasteiger partial charge on any atom is 0.317 e. The Labute approximate surface area is 171 Å². The SMILES string of the molecule is CC(C)(C)CC(c1ccc(OC(=O)C23CC4CC(C2)C(C4)C3)cc1)C(C)(C)C. The molecule has 0 aromatic heterocycles. The van der Waals surface area contributed by atoms with Crippen LogP contribution in [0, 0.1) is 34.0 Å². The van der Waals surface area contributed by atoms with Gasteiger partial charge in [-0.3, -0.25) is 4.79 Å². The first-order chi connectivity index (χ1) is 13.0. The van der Waals surface area contributed by atoms with E-state index in [0.717, 1.165) is 43.4 Å². The maximum absolute atomic E-state index is 13.1. The summed E-state index contributed by atoms with van der Waals surface area (Å²) in [6.45, 7) is 13.9. The van der Waals surface area contributed by atoms with Crippen LogP contribution in [0.2, 0.25) is 0 Å². The van der Waals surface area contributed by atoms with Crippen molar-refractivity contribution in [2.24, 2.45) is 34.0 Å². The van der Waals surface area contributed by atoms with Crippen molar-refractivity contribution < 1.29 is 9.53 Å². The van der Waals surface area contributed by atoms with E-state index in [1.807, 2.05) is 12.1 Å². The van der Waals surface area contributed by atoms with Gasteiger partial charge in [0.05, 0.1) is 5.41 Å². The Kier molecular flexibility index (Phi) is 4.71. The molecule has 2 nitrogen and oxygen atoms in total. The first-order valence-corrected chi connectivity index (χ1v) is 11.3. The van der Waals surface area contributed by atoms with E-state index in [2.05, 4.69) is 53.7 Å². The number of carbonyl (C=O) groups is 1. The zero-order valence-electron chi connectivity index (χ0n) is 18.7. The predicted molar refractivity (Wildman–Crippen MR) is 114 cm³/mol. The molecule has 0 saturated heterocycles. The number of hydrogen-bond donors (Lipinski definition) is 0. The molecule has 5 rings (SSSR count). The minimum atomic E-state index is -0.171. The summed E-state index contributed by atoms with van der Waals surface area (Å²) in [5.74, 6) is 3.60. The van der Waals surface area contributed by atoms with E-state index >= 15 is 0 Å². The zero-order chi connectivity index (χ0) is 20.3. The molecule has 0 aliphatic heterocycles. The lowest BCUT2D eigenvalue weighted by Gasteiger charge is -2.36. The Bertz CT molecular complexity index is 712. The van der Waals surface area contributed by atoms with Gasteiger partial charge in [-0.2, -0.15) is 0 Å². The fourth-order valence-electron chi connectivity index (χ4n) is 6.58. The summed E-state index contributed by atoms with van der Waals surface area (Å²) < 4.78 is 5.93. The first-order valence-electron chi connectivity index (χ1n) is 11.3. The third-order valence-corrected chi connectivity index (χ3v) is 7.71. The number of ether oxygens (including phenoxy) is 1. The second-order valence-corrected chi connectivity index (χ2v) is 12.4. The van der Waals surface area contributed by atoms with Gasteiger partial charge in [0.2, 0.25) is 0 Å². The van der Waals surface area contributed by atoms with E-state index in [1.165, 1.54) is 18.4 Å². The lowest BCUT2D eigenvalue weighted by Crippen LogP contribution is -2.38. The highest BCUT2D eigenvalue weighted by Gasteiger charge is 2.60. The van der Waals surface area contributed by atoms with Crippen molar-refractivity contribution in [1.29, 1.82) is 0 Å². The van der Waals surface area contributed by atoms with Crippen molar-refractivity contribution in [2.75, 3.05) is 0 Å². The van der Waals surface area contributed by atoms with Gasteiger partial charge in [-0.1, -0.05) is 53.7 Å². The molecule has 4 saturated carbocycles. The largest absolute Gasteiger partial charge is 0.426 e. The van der Waals surface area contributed by atoms with Gasteiger partial charge in [-0.15, -0.1) is 0 Å². The van der Waals surface area contributed by atoms with Crippen molar-refractivity contribution in [2.45, 2.75) is 86.0 Å². The molecule has 3 unspecified atom stereocenters. The Morgan fingerprint density at radius 2 is 1.57 bits per heavy atom. The summed E-state index contributed by atoms with van der Waals surface area (Å²) in [6, 6.07) is 8.39. The molecule has 0 heterocycles. The molecule has 28 heavy (non-hydrogen) atoms. The summed E-state index contributed by atoms with van der Waals surface area (Å²) in [7, 11) is 0. The molecular formula is C26H38O2. The molecule has 3 atom stereocenters. The summed E-state index contributed by atoms with van der Waals surface area (Å²) in [5, 5.41) is 0. The first kappa shape index (κ1) is 20.0. The van der Waals surface area contributed by atoms with Crippen LogP contribution in [0.15, 0.2) is 24.3 Å². The van der Waals surface area contributed by atoms with E-state index in [0.29, 0.717) is 11.7 Å². The molecule has 4 fully saturated rings. The molecule has 1 aromatic rings. The molecule has 4 aliphatic rings. The normalized spacial score (nSPS) is 32.6. The van der Waals surface area contributed by atoms with Crippen molar-refractivity contribution in [1.82, 2.24) is 0 Å². The summed E-state index contributed by atoms with van der Waals surface area (Å²) in [6.07, 6.45) is 7.07. The van der Waals surface area contributed by atoms with Gasteiger partial charge in [0.15, 0.2) is 0 Å². The van der Waals surface area contributed by atoms with Crippen LogP contribution in [0.4, 0.5) is 0 Å². The average molecular weight is 383 g/mol. The second kappa shape index (κ2) is 6.61. The minimum Gasteiger partial charge on any atom is -0.426 e. The van der Waals surface area contributed by atoms with E-state index in [-0.39, 0.29) is 22.2 Å². The van der Waals surface area contributed by atoms with Crippen LogP contribution in [0.25, 0.3) is 0 Å². The second-order valence-electron chi connectivity index (χ2n) is 12.4. The number of rotatable bonds is 4. The molecule has 154 valence electrons. The summed E-state index contributed by atoms with van der Waals surface area (Å²) >= 11 is 0.